The summed E-state index contributed by atoms with van der Waals surface area (Å²) in [6.07, 6.45) is 3.86. The summed E-state index contributed by atoms with van der Waals surface area (Å²) >= 11 is 0. The lowest BCUT2D eigenvalue weighted by atomic mass is 10.1. The molecule has 1 unspecified atom stereocenters. The Kier molecular flexibility index (Phi) is 8.08. The molecule has 2 amide bonds. The molecule has 3 N–H and O–H groups in total. The Morgan fingerprint density at radius 3 is 2.63 bits per heavy atom. The average Bonchev–Trinajstić information content (AvgIpc) is 3.13. The fraction of sp³-hybridized carbons (Fsp3) is 0.360. The van der Waals surface area contributed by atoms with E-state index in [1.807, 2.05) is 61.5 Å². The fourth-order valence-electron chi connectivity index (χ4n) is 3.62. The molecule has 0 saturated heterocycles. The zero-order chi connectivity index (χ0) is 25.6. The molecule has 2 aromatic heterocycles. The Hall–Kier alpha value is -3.92. The van der Waals surface area contributed by atoms with E-state index in [-0.39, 0.29) is 6.04 Å². The summed E-state index contributed by atoms with van der Waals surface area (Å²) in [6, 6.07) is 10.8. The van der Waals surface area contributed by atoms with Gasteiger partial charge in [0.15, 0.2) is 0 Å². The molecule has 0 fully saturated rings. The van der Waals surface area contributed by atoms with Crippen LogP contribution in [0.15, 0.2) is 48.7 Å². The topological polar surface area (TPSA) is 122 Å². The first kappa shape index (κ1) is 25.7. The van der Waals surface area contributed by atoms with Crippen LogP contribution in [0, 0.1) is 0 Å². The van der Waals surface area contributed by atoms with Crippen LogP contribution >= 0.6 is 0 Å². The van der Waals surface area contributed by atoms with Crippen molar-refractivity contribution in [2.75, 3.05) is 25.5 Å². The molecule has 0 bridgehead atoms. The Bertz CT molecular complexity index is 1200. The summed E-state index contributed by atoms with van der Waals surface area (Å²) < 4.78 is 7.06. The van der Waals surface area contributed by atoms with Gasteiger partial charge in [-0.05, 0) is 45.5 Å². The number of carboxylic acid groups (broad SMARTS) is 1. The third-order valence-corrected chi connectivity index (χ3v) is 5.06. The highest BCUT2D eigenvalue weighted by Crippen LogP contribution is 2.22. The number of pyridine rings is 1. The van der Waals surface area contributed by atoms with Crippen molar-refractivity contribution in [2.24, 2.45) is 7.05 Å². The lowest BCUT2D eigenvalue weighted by Crippen LogP contribution is -2.35. The van der Waals surface area contributed by atoms with Crippen LogP contribution in [0.4, 0.5) is 15.4 Å². The van der Waals surface area contributed by atoms with E-state index in [1.54, 1.807) is 37.7 Å². The van der Waals surface area contributed by atoms with Crippen LogP contribution in [-0.4, -0.2) is 62.7 Å². The molecular formula is C25H32N6O4. The van der Waals surface area contributed by atoms with Crippen molar-refractivity contribution in [3.63, 3.8) is 0 Å². The second-order valence-corrected chi connectivity index (χ2v) is 9.26. The third kappa shape index (κ3) is 7.54. The van der Waals surface area contributed by atoms with Gasteiger partial charge in [-0.25, -0.2) is 14.6 Å². The highest BCUT2D eigenvalue weighted by Gasteiger charge is 2.18. The minimum atomic E-state index is -1.07. The molecule has 1 atom stereocenters. The number of hydrogen-bond donors (Lipinski definition) is 3. The maximum absolute atomic E-state index is 12.2. The molecule has 2 heterocycles. The van der Waals surface area contributed by atoms with Crippen LogP contribution in [0.3, 0.4) is 0 Å². The van der Waals surface area contributed by atoms with Crippen LogP contribution < -0.4 is 10.6 Å². The second kappa shape index (κ2) is 11.0. The largest absolute Gasteiger partial charge is 0.465 e. The Morgan fingerprint density at radius 1 is 1.26 bits per heavy atom. The van der Waals surface area contributed by atoms with E-state index in [0.717, 1.165) is 16.5 Å². The highest BCUT2D eigenvalue weighted by molar-refractivity contribution is 5.91. The number of aromatic nitrogens is 3. The first-order valence-corrected chi connectivity index (χ1v) is 11.2. The van der Waals surface area contributed by atoms with Gasteiger partial charge in [-0.3, -0.25) is 10.00 Å². The zero-order valence-electron chi connectivity index (χ0n) is 20.6. The summed E-state index contributed by atoms with van der Waals surface area (Å²) in [4.78, 5) is 30.1. The predicted molar refractivity (Wildman–Crippen MR) is 135 cm³/mol. The highest BCUT2D eigenvalue weighted by atomic mass is 16.6. The van der Waals surface area contributed by atoms with Crippen LogP contribution in [0.1, 0.15) is 38.1 Å². The molecule has 10 heteroatoms. The third-order valence-electron chi connectivity index (χ3n) is 5.06. The number of carbonyl (C=O) groups excluding carboxylic acids is 1. The van der Waals surface area contributed by atoms with Gasteiger partial charge in [0.2, 0.25) is 0 Å². The van der Waals surface area contributed by atoms with Gasteiger partial charge < -0.3 is 20.1 Å². The molecule has 10 nitrogen and oxygen atoms in total. The number of anilines is 1. The van der Waals surface area contributed by atoms with E-state index in [4.69, 9.17) is 4.74 Å². The molecule has 35 heavy (non-hydrogen) atoms. The van der Waals surface area contributed by atoms with Crippen molar-refractivity contribution < 1.29 is 19.4 Å². The normalized spacial score (nSPS) is 12.7. The standard InChI is InChI=1S/C25H32N6O4/c1-25(2,3)35-24(34)29-21-14-18-15-26-31(5)22(18)19(27-21)12-9-13-30(4)16-20(28-23(32)33)17-10-7-6-8-11-17/h6-12,14-15,20,28H,13,16H2,1-5H3,(H,32,33)(H,27,29,34)/b12-9+. The molecule has 0 spiro atoms. The number of amides is 2. The molecule has 0 aliphatic rings. The van der Waals surface area contributed by atoms with E-state index in [2.05, 4.69) is 20.7 Å². The lowest BCUT2D eigenvalue weighted by Gasteiger charge is -2.23. The van der Waals surface area contributed by atoms with Crippen molar-refractivity contribution >= 4 is 35.0 Å². The van der Waals surface area contributed by atoms with E-state index in [0.29, 0.717) is 24.6 Å². The van der Waals surface area contributed by atoms with Gasteiger partial charge in [-0.1, -0.05) is 36.4 Å². The number of benzene rings is 1. The number of nitrogens with one attached hydrogen (secondary N) is 2. The average molecular weight is 481 g/mol. The smallest absolute Gasteiger partial charge is 0.413 e. The van der Waals surface area contributed by atoms with Gasteiger partial charge in [0.1, 0.15) is 11.4 Å². The SMILES string of the molecule is CN(C/C=C/c1nc(NC(=O)OC(C)(C)C)cc2cnn(C)c12)CC(NC(=O)O)c1ccccc1. The number of carbonyl (C=O) groups is 2. The number of hydrogen-bond acceptors (Lipinski definition) is 6. The molecule has 3 rings (SSSR count). The summed E-state index contributed by atoms with van der Waals surface area (Å²) in [5, 5.41) is 19.6. The minimum absolute atomic E-state index is 0.363. The zero-order valence-corrected chi connectivity index (χ0v) is 20.6. The minimum Gasteiger partial charge on any atom is -0.465 e. The Morgan fingerprint density at radius 2 is 1.97 bits per heavy atom. The molecule has 0 saturated carbocycles. The van der Waals surface area contributed by atoms with Gasteiger partial charge in [0.05, 0.1) is 23.4 Å². The quantitative estimate of drug-likeness (QED) is 0.440. The lowest BCUT2D eigenvalue weighted by molar-refractivity contribution is 0.0635. The van der Waals surface area contributed by atoms with Crippen LogP contribution in [0.25, 0.3) is 17.0 Å². The van der Waals surface area contributed by atoms with Gasteiger partial charge in [0.25, 0.3) is 0 Å². The molecule has 1 aromatic carbocycles. The summed E-state index contributed by atoms with van der Waals surface area (Å²) in [6.45, 7) is 6.42. The van der Waals surface area contributed by atoms with E-state index >= 15 is 0 Å². The maximum Gasteiger partial charge on any atom is 0.413 e. The second-order valence-electron chi connectivity index (χ2n) is 9.26. The van der Waals surface area contributed by atoms with Crippen molar-refractivity contribution in [1.29, 1.82) is 0 Å². The first-order valence-electron chi connectivity index (χ1n) is 11.2. The molecule has 0 aliphatic carbocycles. The Balaban J connectivity index is 1.74. The van der Waals surface area contributed by atoms with E-state index < -0.39 is 17.8 Å². The molecule has 0 aliphatic heterocycles. The monoisotopic (exact) mass is 480 g/mol. The van der Waals surface area contributed by atoms with Crippen molar-refractivity contribution in [2.45, 2.75) is 32.4 Å². The summed E-state index contributed by atoms with van der Waals surface area (Å²) in [5.41, 5.74) is 1.74. The molecule has 0 radical (unpaired) electrons. The van der Waals surface area contributed by atoms with E-state index in [1.165, 1.54) is 0 Å². The number of fused-ring (bicyclic) bond motifs is 1. The first-order chi connectivity index (χ1) is 16.5. The molecule has 3 aromatic rings. The van der Waals surface area contributed by atoms with Crippen LogP contribution in [0.2, 0.25) is 0 Å². The maximum atomic E-state index is 12.2. The number of aryl methyl sites for hydroxylation is 1. The van der Waals surface area contributed by atoms with Crippen molar-refractivity contribution in [3.8, 4) is 0 Å². The van der Waals surface area contributed by atoms with Crippen molar-refractivity contribution in [3.05, 3.63) is 59.9 Å². The number of likely N-dealkylation sites (N-methyl/N-ethyl adjacent to an activating group) is 1. The number of nitrogens with zero attached hydrogens (tertiary/aromatic N) is 4. The van der Waals surface area contributed by atoms with Crippen LogP contribution in [0.5, 0.6) is 0 Å². The number of rotatable bonds is 8. The fourth-order valence-corrected chi connectivity index (χ4v) is 3.62. The predicted octanol–water partition coefficient (Wildman–Crippen LogP) is 4.27. The number of ether oxygens (including phenoxy) is 1. The summed E-state index contributed by atoms with van der Waals surface area (Å²) in [7, 11) is 3.74. The molecule has 186 valence electrons. The summed E-state index contributed by atoms with van der Waals surface area (Å²) in [5.74, 6) is 0.363. The van der Waals surface area contributed by atoms with Gasteiger partial charge in [-0.15, -0.1) is 0 Å². The van der Waals surface area contributed by atoms with Crippen LogP contribution in [-0.2, 0) is 11.8 Å². The van der Waals surface area contributed by atoms with Gasteiger partial charge in [0, 0.05) is 25.5 Å². The van der Waals surface area contributed by atoms with Gasteiger partial charge in [-0.2, -0.15) is 5.10 Å². The van der Waals surface area contributed by atoms with Crippen molar-refractivity contribution in [1.82, 2.24) is 25.0 Å². The van der Waals surface area contributed by atoms with E-state index in [9.17, 15) is 14.7 Å². The molecular weight excluding hydrogens is 448 g/mol. The van der Waals surface area contributed by atoms with Gasteiger partial charge >= 0.3 is 12.2 Å². The Labute approximate surface area is 204 Å².